The molecule has 0 aliphatic carbocycles. The molecule has 3 aliphatic rings. The number of halogens is 3. The number of likely N-dealkylation sites (tertiary alicyclic amines) is 1. The van der Waals surface area contributed by atoms with Gasteiger partial charge in [0, 0.05) is 49.6 Å². The number of hydrogen-bond donors (Lipinski definition) is 1. The summed E-state index contributed by atoms with van der Waals surface area (Å²) in [6, 6.07) is 3.20. The van der Waals surface area contributed by atoms with Crippen molar-refractivity contribution in [2.45, 2.75) is 57.7 Å². The van der Waals surface area contributed by atoms with Crippen molar-refractivity contribution in [1.82, 2.24) is 30.0 Å². The second-order valence-corrected chi connectivity index (χ2v) is 12.2. The number of fused-ring (bicyclic) bond motifs is 2. The largest absolute Gasteiger partial charge is 0.462 e. The molecule has 0 unspecified atom stereocenters. The van der Waals surface area contributed by atoms with Gasteiger partial charge in [0.2, 0.25) is 0 Å². The van der Waals surface area contributed by atoms with Gasteiger partial charge in [0.25, 0.3) is 11.8 Å². The summed E-state index contributed by atoms with van der Waals surface area (Å²) in [4.78, 5) is 29.3. The first kappa shape index (κ1) is 30.6. The van der Waals surface area contributed by atoms with E-state index in [1.165, 1.54) is 4.90 Å². The van der Waals surface area contributed by atoms with Crippen molar-refractivity contribution in [3.63, 3.8) is 0 Å². The number of hydrogen-bond acceptors (Lipinski definition) is 9. The van der Waals surface area contributed by atoms with E-state index in [9.17, 15) is 23.2 Å². The van der Waals surface area contributed by atoms with Gasteiger partial charge in [0.05, 0.1) is 54.7 Å². The lowest BCUT2D eigenvalue weighted by molar-refractivity contribution is -0.131. The van der Waals surface area contributed by atoms with Crippen LogP contribution in [0.1, 0.15) is 35.2 Å². The number of likely N-dealkylation sites (N-methyl/N-ethyl adjacent to an activating group) is 1. The van der Waals surface area contributed by atoms with Crippen LogP contribution in [-0.2, 0) is 17.8 Å². The van der Waals surface area contributed by atoms with Crippen molar-refractivity contribution in [2.24, 2.45) is 0 Å². The molecular weight excluding hydrogens is 587 g/mol. The minimum Gasteiger partial charge on any atom is -0.462 e. The molecule has 0 saturated carbocycles. The third-order valence-corrected chi connectivity index (χ3v) is 9.22. The zero-order valence-corrected chi connectivity index (χ0v) is 25.6. The minimum atomic E-state index is -2.78. The van der Waals surface area contributed by atoms with E-state index in [1.807, 2.05) is 11.1 Å². The lowest BCUT2D eigenvalue weighted by Crippen LogP contribution is -2.55. The quantitative estimate of drug-likeness (QED) is 0.394. The van der Waals surface area contributed by atoms with E-state index in [0.29, 0.717) is 31.9 Å². The molecule has 2 saturated heterocycles. The number of benzene rings is 1. The Balaban J connectivity index is 1.34. The summed E-state index contributed by atoms with van der Waals surface area (Å²) in [7, 11) is 1.65. The number of piperazine rings is 1. The van der Waals surface area contributed by atoms with Crippen molar-refractivity contribution < 1.29 is 22.7 Å². The number of rotatable bonds is 7. The molecule has 238 valence electrons. The van der Waals surface area contributed by atoms with Crippen LogP contribution < -0.4 is 14.5 Å². The molecule has 0 spiro atoms. The van der Waals surface area contributed by atoms with Crippen LogP contribution >= 0.6 is 0 Å². The second-order valence-electron chi connectivity index (χ2n) is 12.2. The van der Waals surface area contributed by atoms with Gasteiger partial charge in [-0.05, 0) is 44.5 Å². The van der Waals surface area contributed by atoms with Gasteiger partial charge in [0.15, 0.2) is 5.83 Å². The van der Waals surface area contributed by atoms with Gasteiger partial charge >= 0.3 is 6.01 Å². The number of ether oxygens (including phenoxy) is 1. The Hall–Kier alpha value is -4.38. The number of aromatic nitrogens is 4. The van der Waals surface area contributed by atoms with Gasteiger partial charge in [-0.15, -0.1) is 0 Å². The molecule has 1 aromatic carbocycles. The molecule has 2 atom stereocenters. The third kappa shape index (κ3) is 5.88. The molecule has 2 aromatic heterocycles. The normalized spacial score (nSPS) is 21.6. The Morgan fingerprint density at radius 2 is 2.02 bits per heavy atom. The van der Waals surface area contributed by atoms with Gasteiger partial charge in [0.1, 0.15) is 12.4 Å². The van der Waals surface area contributed by atoms with Crippen LogP contribution in [0.3, 0.4) is 0 Å². The first-order valence-corrected chi connectivity index (χ1v) is 15.0. The highest BCUT2D eigenvalue weighted by molar-refractivity contribution is 5.94. The molecule has 1 N–H and O–H groups in total. The topological polar surface area (TPSA) is 118 Å². The zero-order valence-electron chi connectivity index (χ0n) is 25.6. The van der Waals surface area contributed by atoms with E-state index in [4.69, 9.17) is 14.7 Å². The first-order chi connectivity index (χ1) is 21.5. The Morgan fingerprint density at radius 3 is 2.73 bits per heavy atom. The number of aromatic amines is 1. The lowest BCUT2D eigenvalue weighted by atomic mass is 9.99. The number of nitrogens with zero attached hydrogens (tertiary/aromatic N) is 8. The van der Waals surface area contributed by atoms with Gasteiger partial charge < -0.3 is 19.4 Å². The number of amides is 1. The average Bonchev–Trinajstić information content (AvgIpc) is 3.57. The number of carbonyl (C=O) groups is 1. The standard InChI is InChI=1S/C31H36F3N9O2/c1-18-11-25-24(13-36-39-25)27(19(18)2)41-8-6-23-26(15-41)37-30(45-16-22-12-31(33,34)17-40(22)4)38-28(23)42-9-10-43(29(44)20(3)32)21(14-42)5-7-35/h11,13,21-22H,3,5-6,8-10,12,14-17H2,1-2,4H3,(H,36,39)/t21-,22-/m0/s1. The van der Waals surface area contributed by atoms with Crippen LogP contribution in [0, 0.1) is 25.2 Å². The Bertz CT molecular complexity index is 1690. The number of nitrogens with one attached hydrogen (secondary N) is 1. The van der Waals surface area contributed by atoms with Crippen LogP contribution in [0.15, 0.2) is 24.7 Å². The van der Waals surface area contributed by atoms with Gasteiger partial charge in [-0.2, -0.15) is 20.3 Å². The highest BCUT2D eigenvalue weighted by Gasteiger charge is 2.43. The Labute approximate surface area is 259 Å². The number of anilines is 2. The van der Waals surface area contributed by atoms with E-state index in [1.54, 1.807) is 11.9 Å². The van der Waals surface area contributed by atoms with E-state index in [0.717, 1.165) is 39.0 Å². The van der Waals surface area contributed by atoms with Crippen LogP contribution in [-0.4, -0.2) is 100 Å². The highest BCUT2D eigenvalue weighted by Crippen LogP contribution is 2.38. The molecule has 2 fully saturated rings. The fourth-order valence-corrected chi connectivity index (χ4v) is 6.79. The monoisotopic (exact) mass is 623 g/mol. The second kappa shape index (κ2) is 11.8. The lowest BCUT2D eigenvalue weighted by Gasteiger charge is -2.42. The molecule has 45 heavy (non-hydrogen) atoms. The number of H-pyrrole nitrogens is 1. The molecular formula is C31H36F3N9O2. The summed E-state index contributed by atoms with van der Waals surface area (Å²) in [6.45, 7) is 8.87. The van der Waals surface area contributed by atoms with Gasteiger partial charge in [-0.25, -0.2) is 13.2 Å². The summed E-state index contributed by atoms with van der Waals surface area (Å²) in [5.74, 6) is -4.06. The molecule has 14 heteroatoms. The van der Waals surface area contributed by atoms with Crippen molar-refractivity contribution in [3.05, 3.63) is 47.1 Å². The maximum Gasteiger partial charge on any atom is 0.318 e. The van der Waals surface area contributed by atoms with Crippen LogP contribution in [0.2, 0.25) is 0 Å². The predicted molar refractivity (Wildman–Crippen MR) is 162 cm³/mol. The Morgan fingerprint density at radius 1 is 1.22 bits per heavy atom. The molecule has 11 nitrogen and oxygen atoms in total. The number of carbonyl (C=O) groups excluding carboxylic acids is 1. The van der Waals surface area contributed by atoms with E-state index < -0.39 is 29.7 Å². The summed E-state index contributed by atoms with van der Waals surface area (Å²) in [5.41, 5.74) is 5.94. The summed E-state index contributed by atoms with van der Waals surface area (Å²) >= 11 is 0. The predicted octanol–water partition coefficient (Wildman–Crippen LogP) is 3.66. The van der Waals surface area contributed by atoms with Crippen molar-refractivity contribution >= 4 is 28.3 Å². The van der Waals surface area contributed by atoms with Crippen molar-refractivity contribution in [2.75, 3.05) is 56.2 Å². The maximum atomic E-state index is 14.1. The van der Waals surface area contributed by atoms with Crippen LogP contribution in [0.4, 0.5) is 24.7 Å². The van der Waals surface area contributed by atoms with Crippen molar-refractivity contribution in [1.29, 1.82) is 5.26 Å². The van der Waals surface area contributed by atoms with E-state index in [2.05, 4.69) is 47.7 Å². The molecule has 1 amide bonds. The summed E-state index contributed by atoms with van der Waals surface area (Å²) in [6.07, 6.45) is 2.13. The molecule has 0 bridgehead atoms. The number of alkyl halides is 2. The van der Waals surface area contributed by atoms with Gasteiger partial charge in [-0.3, -0.25) is 14.8 Å². The van der Waals surface area contributed by atoms with Crippen molar-refractivity contribution in [3.8, 4) is 12.1 Å². The van der Waals surface area contributed by atoms with Crippen LogP contribution in [0.25, 0.3) is 10.9 Å². The van der Waals surface area contributed by atoms with E-state index in [-0.39, 0.29) is 45.1 Å². The molecule has 3 aliphatic heterocycles. The molecule has 6 rings (SSSR count). The highest BCUT2D eigenvalue weighted by atomic mass is 19.3. The molecule has 3 aromatic rings. The number of aryl methyl sites for hydroxylation is 1. The fourth-order valence-electron chi connectivity index (χ4n) is 6.79. The molecule has 5 heterocycles. The summed E-state index contributed by atoms with van der Waals surface area (Å²) < 4.78 is 48.0. The average molecular weight is 624 g/mol. The number of nitriles is 1. The third-order valence-electron chi connectivity index (χ3n) is 9.22. The Kier molecular flexibility index (Phi) is 8.07. The SMILES string of the molecule is C=C(F)C(=O)N1CCN(c2nc(OC[C@@H]3CC(F)(F)CN3C)nc3c2CCN(c2c(C)c(C)cc4[nH]ncc24)C3)C[C@@H]1CC#N. The first-order valence-electron chi connectivity index (χ1n) is 15.0. The molecule has 0 radical (unpaired) electrons. The van der Waals surface area contributed by atoms with E-state index >= 15 is 0 Å². The fraction of sp³-hybridized carbons (Fsp3) is 0.516. The maximum absolute atomic E-state index is 14.1. The zero-order chi connectivity index (χ0) is 32.0. The summed E-state index contributed by atoms with van der Waals surface area (Å²) in [5, 5.41) is 17.8. The van der Waals surface area contributed by atoms with Crippen LogP contribution in [0.5, 0.6) is 6.01 Å². The van der Waals surface area contributed by atoms with Gasteiger partial charge in [-0.1, -0.05) is 6.58 Å². The smallest absolute Gasteiger partial charge is 0.318 e. The minimum absolute atomic E-state index is 0.00138.